The predicted octanol–water partition coefficient (Wildman–Crippen LogP) is 1.21. The van der Waals surface area contributed by atoms with Crippen molar-refractivity contribution in [2.75, 3.05) is 17.2 Å². The van der Waals surface area contributed by atoms with E-state index in [0.29, 0.717) is 24.2 Å². The summed E-state index contributed by atoms with van der Waals surface area (Å²) in [6.07, 6.45) is 1.69. The maximum atomic E-state index is 4.87. The van der Waals surface area contributed by atoms with Gasteiger partial charge in [-0.2, -0.15) is 9.97 Å². The minimum absolute atomic E-state index is 0.472. The van der Waals surface area contributed by atoms with Gasteiger partial charge in [0, 0.05) is 19.7 Å². The Bertz CT molecular complexity index is 483. The molecule has 0 aromatic carbocycles. The van der Waals surface area contributed by atoms with E-state index in [1.165, 1.54) is 0 Å². The van der Waals surface area contributed by atoms with E-state index >= 15 is 0 Å². The van der Waals surface area contributed by atoms with Gasteiger partial charge in [0.1, 0.15) is 5.82 Å². The average molecular weight is 234 g/mol. The summed E-state index contributed by atoms with van der Waals surface area (Å²) < 4.78 is 4.87. The van der Waals surface area contributed by atoms with Gasteiger partial charge in [0.05, 0.1) is 6.54 Å². The summed E-state index contributed by atoms with van der Waals surface area (Å²) in [7, 11) is 0. The van der Waals surface area contributed by atoms with Gasteiger partial charge in [0.15, 0.2) is 5.82 Å². The van der Waals surface area contributed by atoms with Crippen molar-refractivity contribution in [2.24, 2.45) is 0 Å². The summed E-state index contributed by atoms with van der Waals surface area (Å²) in [5, 5.41) is 9.92. The molecule has 17 heavy (non-hydrogen) atoms. The van der Waals surface area contributed by atoms with Crippen LogP contribution in [-0.2, 0) is 6.54 Å². The minimum Gasteiger partial charge on any atom is -0.362 e. The number of aryl methyl sites for hydroxylation is 1. The van der Waals surface area contributed by atoms with E-state index in [9.17, 15) is 0 Å². The van der Waals surface area contributed by atoms with Gasteiger partial charge in [-0.25, -0.2) is 4.98 Å². The van der Waals surface area contributed by atoms with Crippen LogP contribution in [-0.4, -0.2) is 26.7 Å². The quantitative estimate of drug-likeness (QED) is 0.803. The molecule has 7 nitrogen and oxygen atoms in total. The highest BCUT2D eigenvalue weighted by atomic mass is 16.5. The van der Waals surface area contributed by atoms with Crippen LogP contribution in [0.2, 0.25) is 0 Å². The van der Waals surface area contributed by atoms with E-state index < -0.39 is 0 Å². The zero-order chi connectivity index (χ0) is 12.1. The van der Waals surface area contributed by atoms with Crippen molar-refractivity contribution in [3.63, 3.8) is 0 Å². The molecule has 0 aliphatic rings. The zero-order valence-corrected chi connectivity index (χ0v) is 9.77. The van der Waals surface area contributed by atoms with Crippen molar-refractivity contribution < 1.29 is 4.52 Å². The zero-order valence-electron chi connectivity index (χ0n) is 9.77. The van der Waals surface area contributed by atoms with Crippen LogP contribution in [0.15, 0.2) is 16.8 Å². The Hall–Kier alpha value is -2.18. The van der Waals surface area contributed by atoms with Gasteiger partial charge in [0.25, 0.3) is 0 Å². The van der Waals surface area contributed by atoms with E-state index in [4.69, 9.17) is 4.52 Å². The predicted molar refractivity (Wildman–Crippen MR) is 62.6 cm³/mol. The molecule has 90 valence electrons. The number of anilines is 2. The minimum atomic E-state index is 0.472. The van der Waals surface area contributed by atoms with Crippen LogP contribution in [0.3, 0.4) is 0 Å². The summed E-state index contributed by atoms with van der Waals surface area (Å²) in [6.45, 7) is 5.00. The number of rotatable bonds is 5. The summed E-state index contributed by atoms with van der Waals surface area (Å²) in [4.78, 5) is 12.4. The fraction of sp³-hybridized carbons (Fsp3) is 0.400. The molecule has 0 saturated heterocycles. The lowest BCUT2D eigenvalue weighted by Crippen LogP contribution is -2.06. The number of nitrogens with one attached hydrogen (secondary N) is 2. The Kier molecular flexibility index (Phi) is 3.49. The van der Waals surface area contributed by atoms with Crippen molar-refractivity contribution in [1.29, 1.82) is 0 Å². The summed E-state index contributed by atoms with van der Waals surface area (Å²) in [6, 6.07) is 1.79. The third-order valence-electron chi connectivity index (χ3n) is 1.99. The Morgan fingerprint density at radius 3 is 2.88 bits per heavy atom. The highest BCUT2D eigenvalue weighted by molar-refractivity contribution is 5.39. The molecular formula is C10H14N6O. The van der Waals surface area contributed by atoms with Crippen LogP contribution in [0.5, 0.6) is 0 Å². The molecule has 0 amide bonds. The molecule has 0 aliphatic heterocycles. The van der Waals surface area contributed by atoms with Crippen LogP contribution in [0.25, 0.3) is 0 Å². The molecule has 0 atom stereocenters. The Labute approximate surface area is 98.7 Å². The molecule has 2 aromatic heterocycles. The Morgan fingerprint density at radius 1 is 1.29 bits per heavy atom. The van der Waals surface area contributed by atoms with Crippen molar-refractivity contribution in [3.8, 4) is 0 Å². The van der Waals surface area contributed by atoms with E-state index in [0.717, 1.165) is 12.4 Å². The second-order valence-electron chi connectivity index (χ2n) is 3.38. The molecule has 0 radical (unpaired) electrons. The van der Waals surface area contributed by atoms with Crippen LogP contribution in [0.4, 0.5) is 11.8 Å². The second-order valence-corrected chi connectivity index (χ2v) is 3.38. The monoisotopic (exact) mass is 234 g/mol. The first-order chi connectivity index (χ1) is 8.28. The second kappa shape index (κ2) is 5.24. The normalized spacial score (nSPS) is 10.2. The first-order valence-electron chi connectivity index (χ1n) is 5.38. The first-order valence-corrected chi connectivity index (χ1v) is 5.38. The third kappa shape index (κ3) is 3.13. The molecule has 0 spiro atoms. The first kappa shape index (κ1) is 11.3. The molecule has 2 N–H and O–H groups in total. The van der Waals surface area contributed by atoms with Gasteiger partial charge in [-0.05, 0) is 13.0 Å². The highest BCUT2D eigenvalue weighted by Crippen LogP contribution is 2.06. The molecule has 2 aromatic rings. The Balaban J connectivity index is 1.96. The van der Waals surface area contributed by atoms with E-state index in [1.807, 2.05) is 6.92 Å². The largest absolute Gasteiger partial charge is 0.362 e. The fourth-order valence-electron chi connectivity index (χ4n) is 1.28. The van der Waals surface area contributed by atoms with Crippen molar-refractivity contribution in [3.05, 3.63) is 24.0 Å². The Morgan fingerprint density at radius 2 is 2.18 bits per heavy atom. The molecule has 0 bridgehead atoms. The van der Waals surface area contributed by atoms with Crippen LogP contribution in [0.1, 0.15) is 18.6 Å². The number of nitrogens with zero attached hydrogens (tertiary/aromatic N) is 4. The molecule has 0 unspecified atom stereocenters. The number of hydrogen-bond acceptors (Lipinski definition) is 7. The average Bonchev–Trinajstić information content (AvgIpc) is 2.74. The van der Waals surface area contributed by atoms with Gasteiger partial charge >= 0.3 is 0 Å². The maximum absolute atomic E-state index is 4.87. The van der Waals surface area contributed by atoms with E-state index in [1.54, 1.807) is 19.2 Å². The van der Waals surface area contributed by atoms with Crippen molar-refractivity contribution in [1.82, 2.24) is 20.1 Å². The SMILES string of the molecule is CCNc1nccc(NCc2noc(C)n2)n1. The van der Waals surface area contributed by atoms with Gasteiger partial charge in [-0.15, -0.1) is 0 Å². The third-order valence-corrected chi connectivity index (χ3v) is 1.99. The van der Waals surface area contributed by atoms with Gasteiger partial charge in [-0.3, -0.25) is 0 Å². The van der Waals surface area contributed by atoms with E-state index in [2.05, 4.69) is 30.7 Å². The number of aromatic nitrogens is 4. The topological polar surface area (TPSA) is 88.8 Å². The van der Waals surface area contributed by atoms with Crippen LogP contribution in [0, 0.1) is 6.92 Å². The highest BCUT2D eigenvalue weighted by Gasteiger charge is 2.03. The summed E-state index contributed by atoms with van der Waals surface area (Å²) in [5.74, 6) is 2.48. The van der Waals surface area contributed by atoms with Crippen molar-refractivity contribution >= 4 is 11.8 Å². The van der Waals surface area contributed by atoms with Crippen molar-refractivity contribution in [2.45, 2.75) is 20.4 Å². The van der Waals surface area contributed by atoms with Crippen LogP contribution >= 0.6 is 0 Å². The molecule has 7 heteroatoms. The molecule has 0 fully saturated rings. The lowest BCUT2D eigenvalue weighted by molar-refractivity contribution is 0.388. The van der Waals surface area contributed by atoms with E-state index in [-0.39, 0.29) is 0 Å². The fourth-order valence-corrected chi connectivity index (χ4v) is 1.28. The molecule has 0 aliphatic carbocycles. The molecular weight excluding hydrogens is 220 g/mol. The van der Waals surface area contributed by atoms with Gasteiger partial charge in [-0.1, -0.05) is 5.16 Å². The summed E-state index contributed by atoms with van der Waals surface area (Å²) in [5.41, 5.74) is 0. The molecule has 0 saturated carbocycles. The number of hydrogen-bond donors (Lipinski definition) is 2. The smallest absolute Gasteiger partial charge is 0.224 e. The maximum Gasteiger partial charge on any atom is 0.224 e. The molecule has 2 rings (SSSR count). The lowest BCUT2D eigenvalue weighted by atomic mass is 10.5. The summed E-state index contributed by atoms with van der Waals surface area (Å²) >= 11 is 0. The lowest BCUT2D eigenvalue weighted by Gasteiger charge is -2.05. The van der Waals surface area contributed by atoms with Gasteiger partial charge in [0.2, 0.25) is 11.8 Å². The molecule has 2 heterocycles. The standard InChI is InChI=1S/C10H14N6O/c1-3-11-10-12-5-4-8(15-10)13-6-9-14-7(2)17-16-9/h4-5H,3,6H2,1-2H3,(H2,11,12,13,15). The van der Waals surface area contributed by atoms with Gasteiger partial charge < -0.3 is 15.2 Å². The van der Waals surface area contributed by atoms with Crippen LogP contribution < -0.4 is 10.6 Å².